The van der Waals surface area contributed by atoms with Gasteiger partial charge in [0, 0.05) is 32.7 Å². The van der Waals surface area contributed by atoms with Gasteiger partial charge in [0.2, 0.25) is 0 Å². The lowest BCUT2D eigenvalue weighted by atomic mass is 10.0. The molecule has 0 aliphatic rings. The highest BCUT2D eigenvalue weighted by Crippen LogP contribution is 2.41. The predicted molar refractivity (Wildman–Crippen MR) is 207 cm³/mol. The largest absolute Gasteiger partial charge is 0.308 e. The van der Waals surface area contributed by atoms with Crippen LogP contribution in [-0.4, -0.2) is 14.1 Å². The topological polar surface area (TPSA) is 142 Å². The van der Waals surface area contributed by atoms with Crippen molar-refractivity contribution in [3.63, 3.8) is 0 Å². The van der Waals surface area contributed by atoms with Gasteiger partial charge in [0.05, 0.1) is 91.4 Å². The SMILES string of the molecule is N#Cc1ccc2c(c1)c1cc(C#N)ccc1n2-c1cc(-c2cccc(-c3ccccc3)n2)cc(-n2c3ccc(C#N)cc3c3cc(C#N)ccc32)c1C#N. The molecule has 3 heterocycles. The maximum atomic E-state index is 11.2. The maximum Gasteiger partial charge on any atom is 0.104 e. The van der Waals surface area contributed by atoms with Gasteiger partial charge >= 0.3 is 0 Å². The molecular weight excluding hydrogens is 665 g/mol. The Kier molecular flexibility index (Phi) is 7.22. The van der Waals surface area contributed by atoms with E-state index in [-0.39, 0.29) is 0 Å². The molecule has 0 saturated carbocycles. The van der Waals surface area contributed by atoms with Gasteiger partial charge in [0.25, 0.3) is 0 Å². The first kappa shape index (κ1) is 31.5. The normalized spacial score (nSPS) is 10.9. The van der Waals surface area contributed by atoms with Gasteiger partial charge in [-0.3, -0.25) is 0 Å². The Bertz CT molecular complexity index is 2960. The fraction of sp³-hybridized carbons (Fsp3) is 0. The number of hydrogen-bond acceptors (Lipinski definition) is 6. The standard InChI is InChI=1S/C46H22N8/c47-23-28-9-13-41-34(17-28)35-18-29(24-48)10-14-42(35)53(41)45-21-33(40-8-4-7-39(52-40)32-5-2-1-3-6-32)22-46(38(45)27-51)54-43-15-11-30(25-49)19-36(43)37-20-31(26-50)12-16-44(37)54/h1-22H. The molecule has 0 radical (unpaired) electrons. The molecule has 9 aromatic rings. The van der Waals surface area contributed by atoms with Crippen LogP contribution in [0.5, 0.6) is 0 Å². The number of fused-ring (bicyclic) bond motifs is 6. The van der Waals surface area contributed by atoms with Crippen molar-refractivity contribution in [2.75, 3.05) is 0 Å². The second-order valence-electron chi connectivity index (χ2n) is 12.8. The van der Waals surface area contributed by atoms with Crippen LogP contribution in [0.1, 0.15) is 27.8 Å². The molecule has 0 aliphatic heterocycles. The molecule has 8 heteroatoms. The van der Waals surface area contributed by atoms with Crippen LogP contribution in [-0.2, 0) is 0 Å². The zero-order valence-electron chi connectivity index (χ0n) is 28.3. The van der Waals surface area contributed by atoms with Crippen molar-refractivity contribution in [1.82, 2.24) is 14.1 Å². The first-order chi connectivity index (χ1) is 26.5. The molecule has 0 spiro atoms. The fourth-order valence-electron chi connectivity index (χ4n) is 7.44. The minimum Gasteiger partial charge on any atom is -0.308 e. The smallest absolute Gasteiger partial charge is 0.104 e. The molecule has 54 heavy (non-hydrogen) atoms. The van der Waals surface area contributed by atoms with Gasteiger partial charge in [0.1, 0.15) is 11.6 Å². The summed E-state index contributed by atoms with van der Waals surface area (Å²) < 4.78 is 4.02. The van der Waals surface area contributed by atoms with Gasteiger partial charge < -0.3 is 9.13 Å². The fourth-order valence-corrected chi connectivity index (χ4v) is 7.44. The van der Waals surface area contributed by atoms with Crippen molar-refractivity contribution in [2.45, 2.75) is 0 Å². The number of hydrogen-bond donors (Lipinski definition) is 0. The zero-order valence-corrected chi connectivity index (χ0v) is 28.3. The van der Waals surface area contributed by atoms with Gasteiger partial charge in [0.15, 0.2) is 0 Å². The summed E-state index contributed by atoms with van der Waals surface area (Å²) >= 11 is 0. The average Bonchev–Trinajstić information content (AvgIpc) is 3.74. The monoisotopic (exact) mass is 686 g/mol. The third kappa shape index (κ3) is 4.84. The van der Waals surface area contributed by atoms with Crippen LogP contribution in [0, 0.1) is 56.7 Å². The van der Waals surface area contributed by atoms with Crippen LogP contribution >= 0.6 is 0 Å². The van der Waals surface area contributed by atoms with Crippen LogP contribution in [0.4, 0.5) is 0 Å². The summed E-state index contributed by atoms with van der Waals surface area (Å²) in [7, 11) is 0. The molecule has 0 fully saturated rings. The molecule has 9 rings (SSSR count). The highest BCUT2D eigenvalue weighted by atomic mass is 15.0. The van der Waals surface area contributed by atoms with Crippen LogP contribution in [0.2, 0.25) is 0 Å². The first-order valence-corrected chi connectivity index (χ1v) is 16.9. The first-order valence-electron chi connectivity index (χ1n) is 16.9. The van der Waals surface area contributed by atoms with Gasteiger partial charge in [-0.25, -0.2) is 4.98 Å². The quantitative estimate of drug-likeness (QED) is 0.180. The zero-order chi connectivity index (χ0) is 36.9. The minimum absolute atomic E-state index is 0.359. The van der Waals surface area contributed by atoms with E-state index in [4.69, 9.17) is 4.98 Å². The van der Waals surface area contributed by atoms with E-state index in [0.29, 0.717) is 44.9 Å². The summed E-state index contributed by atoms with van der Waals surface area (Å²) in [4.78, 5) is 5.11. The molecule has 0 saturated heterocycles. The van der Waals surface area contributed by atoms with Crippen molar-refractivity contribution in [3.8, 4) is 64.2 Å². The molecule has 0 aliphatic carbocycles. The summed E-state index contributed by atoms with van der Waals surface area (Å²) in [5, 5.41) is 53.6. The van der Waals surface area contributed by atoms with Gasteiger partial charge in [-0.05, 0) is 97.1 Å². The minimum atomic E-state index is 0.359. The Morgan fingerprint density at radius 3 is 1.13 bits per heavy atom. The van der Waals surface area contributed by atoms with Crippen LogP contribution in [0.25, 0.3) is 77.5 Å². The Hall–Kier alpha value is -8.48. The number of nitriles is 5. The van der Waals surface area contributed by atoms with Crippen molar-refractivity contribution < 1.29 is 0 Å². The molecule has 6 aromatic carbocycles. The Morgan fingerprint density at radius 2 is 0.759 bits per heavy atom. The van der Waals surface area contributed by atoms with Crippen molar-refractivity contribution >= 4 is 43.6 Å². The predicted octanol–water partition coefficient (Wildman–Crippen LogP) is 9.97. The van der Waals surface area contributed by atoms with E-state index in [1.807, 2.05) is 118 Å². The molecule has 8 nitrogen and oxygen atoms in total. The summed E-state index contributed by atoms with van der Waals surface area (Å²) in [6.07, 6.45) is 0. The van der Waals surface area contributed by atoms with Crippen LogP contribution in [0.15, 0.2) is 133 Å². The number of aromatic nitrogens is 3. The van der Waals surface area contributed by atoms with E-state index in [9.17, 15) is 26.3 Å². The van der Waals surface area contributed by atoms with E-state index in [2.05, 4.69) is 30.3 Å². The van der Waals surface area contributed by atoms with E-state index in [0.717, 1.165) is 60.4 Å². The highest BCUT2D eigenvalue weighted by molar-refractivity contribution is 6.12. The maximum absolute atomic E-state index is 11.2. The van der Waals surface area contributed by atoms with Crippen molar-refractivity contribution in [1.29, 1.82) is 26.3 Å². The van der Waals surface area contributed by atoms with E-state index in [1.165, 1.54) is 0 Å². The number of rotatable bonds is 4. The van der Waals surface area contributed by atoms with Gasteiger partial charge in [-0.2, -0.15) is 26.3 Å². The van der Waals surface area contributed by atoms with Crippen molar-refractivity contribution in [2.24, 2.45) is 0 Å². The molecule has 0 atom stereocenters. The molecule has 0 bridgehead atoms. The van der Waals surface area contributed by atoms with Gasteiger partial charge in [-0.15, -0.1) is 0 Å². The molecule has 246 valence electrons. The lowest BCUT2D eigenvalue weighted by Crippen LogP contribution is -2.05. The lowest BCUT2D eigenvalue weighted by Gasteiger charge is -2.18. The van der Waals surface area contributed by atoms with E-state index in [1.54, 1.807) is 24.3 Å². The summed E-state index contributed by atoms with van der Waals surface area (Å²) in [5.41, 5.74) is 9.58. The Labute approximate surface area is 308 Å². The highest BCUT2D eigenvalue weighted by Gasteiger charge is 2.23. The van der Waals surface area contributed by atoms with Gasteiger partial charge in [-0.1, -0.05) is 36.4 Å². The molecule has 0 N–H and O–H groups in total. The van der Waals surface area contributed by atoms with Crippen LogP contribution in [0.3, 0.4) is 0 Å². The molecule has 3 aromatic heterocycles. The second kappa shape index (κ2) is 12.4. The Balaban J connectivity index is 1.44. The molecular formula is C46H22N8. The van der Waals surface area contributed by atoms with Crippen molar-refractivity contribution in [3.05, 3.63) is 161 Å². The lowest BCUT2D eigenvalue weighted by molar-refractivity contribution is 1.11. The third-order valence-corrected chi connectivity index (χ3v) is 9.85. The molecule has 0 amide bonds. The number of nitrogens with zero attached hydrogens (tertiary/aromatic N) is 8. The Morgan fingerprint density at radius 1 is 0.370 bits per heavy atom. The summed E-state index contributed by atoms with van der Waals surface area (Å²) in [5.74, 6) is 0. The van der Waals surface area contributed by atoms with Crippen LogP contribution < -0.4 is 0 Å². The number of pyridine rings is 1. The third-order valence-electron chi connectivity index (χ3n) is 9.85. The average molecular weight is 687 g/mol. The van der Waals surface area contributed by atoms with E-state index >= 15 is 0 Å². The number of benzene rings is 6. The second-order valence-corrected chi connectivity index (χ2v) is 12.8. The summed E-state index contributed by atoms with van der Waals surface area (Å²) in [6.45, 7) is 0. The van der Waals surface area contributed by atoms with E-state index < -0.39 is 0 Å². The summed E-state index contributed by atoms with van der Waals surface area (Å²) in [6, 6.07) is 52.9. The molecule has 0 unspecified atom stereocenters.